The van der Waals surface area contributed by atoms with Gasteiger partial charge >= 0.3 is 0 Å². The average Bonchev–Trinajstić information content (AvgIpc) is 2.76. The van der Waals surface area contributed by atoms with Crippen molar-refractivity contribution in [1.29, 1.82) is 0 Å². The average molecular weight is 282 g/mol. The Labute approximate surface area is 126 Å². The van der Waals surface area contributed by atoms with Gasteiger partial charge in [0.25, 0.3) is 0 Å². The van der Waals surface area contributed by atoms with Crippen molar-refractivity contribution in [2.24, 2.45) is 5.41 Å². The quantitative estimate of drug-likeness (QED) is 0.837. The first-order valence-electron chi connectivity index (χ1n) is 7.61. The van der Waals surface area contributed by atoms with Gasteiger partial charge in [-0.05, 0) is 42.9 Å². The Hall–Kier alpha value is -1.90. The third kappa shape index (κ3) is 2.41. The van der Waals surface area contributed by atoms with Crippen molar-refractivity contribution < 1.29 is 4.79 Å². The van der Waals surface area contributed by atoms with Crippen molar-refractivity contribution in [3.63, 3.8) is 0 Å². The van der Waals surface area contributed by atoms with E-state index < -0.39 is 0 Å². The van der Waals surface area contributed by atoms with Crippen LogP contribution in [0.25, 0.3) is 5.82 Å². The van der Waals surface area contributed by atoms with Crippen molar-refractivity contribution in [3.8, 4) is 5.82 Å². The molecule has 0 aromatic carbocycles. The maximum atomic E-state index is 12.6. The summed E-state index contributed by atoms with van der Waals surface area (Å²) in [5.41, 5.74) is 4.24. The molecule has 2 aromatic heterocycles. The van der Waals surface area contributed by atoms with E-state index in [0.717, 1.165) is 41.2 Å². The normalized spacial score (nSPS) is 16.9. The Kier molecular flexibility index (Phi) is 3.23. The highest BCUT2D eigenvalue weighted by molar-refractivity contribution is 6.00. The van der Waals surface area contributed by atoms with Gasteiger partial charge in [-0.2, -0.15) is 0 Å². The Balaban J connectivity index is 2.22. The molecule has 21 heavy (non-hydrogen) atoms. The van der Waals surface area contributed by atoms with Crippen LogP contribution in [0.5, 0.6) is 0 Å². The largest absolute Gasteiger partial charge is 0.305 e. The minimum Gasteiger partial charge on any atom is -0.305 e. The molecule has 0 spiro atoms. The molecule has 0 bridgehead atoms. The van der Waals surface area contributed by atoms with Gasteiger partial charge in [0.2, 0.25) is 0 Å². The van der Waals surface area contributed by atoms with Crippen LogP contribution in [0.15, 0.2) is 24.4 Å². The lowest BCUT2D eigenvalue weighted by atomic mass is 9.75. The summed E-state index contributed by atoms with van der Waals surface area (Å²) in [4.78, 5) is 17.2. The summed E-state index contributed by atoms with van der Waals surface area (Å²) in [5, 5.41) is 0. The number of hydrogen-bond donors (Lipinski definition) is 0. The number of rotatable bonds is 2. The van der Waals surface area contributed by atoms with Gasteiger partial charge in [0.1, 0.15) is 5.82 Å². The number of aromatic nitrogens is 2. The molecular weight excluding hydrogens is 260 g/mol. The van der Waals surface area contributed by atoms with Crippen LogP contribution in [0.3, 0.4) is 0 Å². The molecule has 1 aliphatic rings. The highest BCUT2D eigenvalue weighted by Gasteiger charge is 2.35. The van der Waals surface area contributed by atoms with Gasteiger partial charge < -0.3 is 4.57 Å². The number of pyridine rings is 1. The SMILES string of the molecule is CCc1cn(-c2cccc(C)n2)c2c1C(=O)CC(C)(C)C2. The van der Waals surface area contributed by atoms with Gasteiger partial charge in [0.05, 0.1) is 0 Å². The molecule has 0 aliphatic heterocycles. The van der Waals surface area contributed by atoms with E-state index in [1.807, 2.05) is 25.1 Å². The molecule has 0 N–H and O–H groups in total. The summed E-state index contributed by atoms with van der Waals surface area (Å²) in [6, 6.07) is 6.03. The summed E-state index contributed by atoms with van der Waals surface area (Å²) >= 11 is 0. The second-order valence-electron chi connectivity index (χ2n) is 6.78. The Bertz CT molecular complexity index is 710. The zero-order chi connectivity index (χ0) is 15.2. The number of ketones is 1. The van der Waals surface area contributed by atoms with E-state index in [-0.39, 0.29) is 11.2 Å². The predicted octanol–water partition coefficient (Wildman–Crippen LogP) is 3.90. The van der Waals surface area contributed by atoms with E-state index in [1.165, 1.54) is 0 Å². The molecule has 2 heterocycles. The third-order valence-electron chi connectivity index (χ3n) is 4.25. The zero-order valence-corrected chi connectivity index (χ0v) is 13.2. The summed E-state index contributed by atoms with van der Waals surface area (Å²) in [7, 11) is 0. The molecule has 0 amide bonds. The molecule has 0 fully saturated rings. The molecule has 3 heteroatoms. The van der Waals surface area contributed by atoms with Gasteiger partial charge in [0.15, 0.2) is 5.78 Å². The lowest BCUT2D eigenvalue weighted by Crippen LogP contribution is -2.28. The summed E-state index contributed by atoms with van der Waals surface area (Å²) in [6.07, 6.45) is 4.54. The standard InChI is InChI=1S/C18H22N2O/c1-5-13-11-20(16-8-6-7-12(2)19-16)14-9-18(3,4)10-15(21)17(13)14/h6-8,11H,5,9-10H2,1-4H3. The van der Waals surface area contributed by atoms with Gasteiger partial charge in [-0.25, -0.2) is 4.98 Å². The molecule has 0 saturated heterocycles. The number of carbonyl (C=O) groups is 1. The fraction of sp³-hybridized carbons (Fsp3) is 0.444. The van der Waals surface area contributed by atoms with Gasteiger partial charge in [-0.15, -0.1) is 0 Å². The number of nitrogens with zero attached hydrogens (tertiary/aromatic N) is 2. The smallest absolute Gasteiger partial charge is 0.165 e. The van der Waals surface area contributed by atoms with Crippen molar-refractivity contribution in [2.75, 3.05) is 0 Å². The fourth-order valence-electron chi connectivity index (χ4n) is 3.29. The molecular formula is C18H22N2O. The van der Waals surface area contributed by atoms with E-state index in [2.05, 4.69) is 36.5 Å². The second kappa shape index (κ2) is 4.83. The van der Waals surface area contributed by atoms with Gasteiger partial charge in [0, 0.05) is 29.6 Å². The zero-order valence-electron chi connectivity index (χ0n) is 13.2. The first-order valence-corrected chi connectivity index (χ1v) is 7.61. The van der Waals surface area contributed by atoms with Crippen molar-refractivity contribution in [2.45, 2.75) is 47.0 Å². The van der Waals surface area contributed by atoms with E-state index in [0.29, 0.717) is 6.42 Å². The first-order chi connectivity index (χ1) is 9.91. The summed E-state index contributed by atoms with van der Waals surface area (Å²) < 4.78 is 2.12. The third-order valence-corrected chi connectivity index (χ3v) is 4.25. The fourth-order valence-corrected chi connectivity index (χ4v) is 3.29. The molecule has 110 valence electrons. The molecule has 2 aromatic rings. The number of Topliss-reactive ketones (excluding diaryl/α,β-unsaturated/α-hetero) is 1. The molecule has 0 radical (unpaired) electrons. The monoisotopic (exact) mass is 282 g/mol. The Morgan fingerprint density at radius 1 is 1.29 bits per heavy atom. The van der Waals surface area contributed by atoms with Crippen LogP contribution in [0.4, 0.5) is 0 Å². The van der Waals surface area contributed by atoms with E-state index in [1.54, 1.807) is 0 Å². The van der Waals surface area contributed by atoms with E-state index in [9.17, 15) is 4.79 Å². The van der Waals surface area contributed by atoms with Crippen LogP contribution >= 0.6 is 0 Å². The number of fused-ring (bicyclic) bond motifs is 1. The van der Waals surface area contributed by atoms with Gasteiger partial charge in [-0.3, -0.25) is 4.79 Å². The minimum atomic E-state index is 0.0228. The topological polar surface area (TPSA) is 34.9 Å². The number of hydrogen-bond acceptors (Lipinski definition) is 2. The lowest BCUT2D eigenvalue weighted by Gasteiger charge is -2.30. The van der Waals surface area contributed by atoms with Crippen molar-refractivity contribution in [1.82, 2.24) is 9.55 Å². The maximum Gasteiger partial charge on any atom is 0.165 e. The Morgan fingerprint density at radius 3 is 2.71 bits per heavy atom. The van der Waals surface area contributed by atoms with Crippen LogP contribution < -0.4 is 0 Å². The van der Waals surface area contributed by atoms with E-state index in [4.69, 9.17) is 0 Å². The summed E-state index contributed by atoms with van der Waals surface area (Å²) in [6.45, 7) is 8.44. The minimum absolute atomic E-state index is 0.0228. The van der Waals surface area contributed by atoms with Crippen molar-refractivity contribution in [3.05, 3.63) is 46.9 Å². The molecule has 3 rings (SSSR count). The molecule has 0 atom stereocenters. The number of carbonyl (C=O) groups excluding carboxylic acids is 1. The molecule has 0 unspecified atom stereocenters. The van der Waals surface area contributed by atoms with Crippen LogP contribution in [-0.4, -0.2) is 15.3 Å². The van der Waals surface area contributed by atoms with Crippen LogP contribution in [0.2, 0.25) is 0 Å². The van der Waals surface area contributed by atoms with Crippen LogP contribution in [0, 0.1) is 12.3 Å². The Morgan fingerprint density at radius 2 is 2.05 bits per heavy atom. The molecule has 1 aliphatic carbocycles. The molecule has 3 nitrogen and oxygen atoms in total. The predicted molar refractivity (Wildman–Crippen MR) is 84.1 cm³/mol. The number of aryl methyl sites for hydroxylation is 2. The highest BCUT2D eigenvalue weighted by atomic mass is 16.1. The van der Waals surface area contributed by atoms with Crippen LogP contribution in [0.1, 0.15) is 54.5 Å². The second-order valence-corrected chi connectivity index (χ2v) is 6.78. The summed E-state index contributed by atoms with van der Waals surface area (Å²) in [5.74, 6) is 1.20. The lowest BCUT2D eigenvalue weighted by molar-refractivity contribution is 0.0910. The highest BCUT2D eigenvalue weighted by Crippen LogP contribution is 2.38. The van der Waals surface area contributed by atoms with Gasteiger partial charge in [-0.1, -0.05) is 26.8 Å². The van der Waals surface area contributed by atoms with E-state index >= 15 is 0 Å². The maximum absolute atomic E-state index is 12.6. The van der Waals surface area contributed by atoms with Crippen LogP contribution in [-0.2, 0) is 12.8 Å². The molecule has 0 saturated carbocycles. The first kappa shape index (κ1) is 14.1. The van der Waals surface area contributed by atoms with Crippen molar-refractivity contribution >= 4 is 5.78 Å².